The fourth-order valence-corrected chi connectivity index (χ4v) is 4.15. The lowest BCUT2D eigenvalue weighted by Gasteiger charge is -2.15. The highest BCUT2D eigenvalue weighted by Crippen LogP contribution is 2.39. The molecule has 0 saturated carbocycles. The van der Waals surface area contributed by atoms with Crippen LogP contribution in [0, 0.1) is 12.3 Å². The number of benzene rings is 1. The van der Waals surface area contributed by atoms with E-state index < -0.39 is 23.7 Å². The number of rotatable bonds is 11. The number of imidazole rings is 1. The van der Waals surface area contributed by atoms with Crippen LogP contribution in [-0.2, 0) is 22.3 Å². The number of fused-ring (bicyclic) bond motifs is 1. The number of hydrogen-bond donors (Lipinski definition) is 4. The van der Waals surface area contributed by atoms with E-state index in [0.717, 1.165) is 4.68 Å². The molecule has 0 spiro atoms. The molecule has 3 heterocycles. The molecule has 4 aromatic rings. The third-order valence-corrected chi connectivity index (χ3v) is 6.00. The van der Waals surface area contributed by atoms with Gasteiger partial charge in [-0.1, -0.05) is 17.5 Å². The first-order chi connectivity index (χ1) is 20.1. The summed E-state index contributed by atoms with van der Waals surface area (Å²) in [5, 5.41) is 11.1. The van der Waals surface area contributed by atoms with Crippen LogP contribution in [0.4, 0.5) is 24.7 Å². The minimum Gasteiger partial charge on any atom is -0.425 e. The molecular formula is C25H21ClF3N9O4. The number of hydrogen-bond acceptors (Lipinski definition) is 9. The highest BCUT2D eigenvalue weighted by molar-refractivity contribution is 6.36. The van der Waals surface area contributed by atoms with E-state index >= 15 is 0 Å². The Kier molecular flexibility index (Phi) is 8.93. The van der Waals surface area contributed by atoms with Crippen molar-refractivity contribution in [3.05, 3.63) is 53.2 Å². The standard InChI is InChI=1S/C25H21ClF3N9O4/c1-2-8-37-12-15(21(36-37)25(27,28)29)17-10-33-23-22(32-7-9-38(17)23)35-16-4-3-14(19(26)20(16)42-13-39)24(41)34-11-18(40)31-6-5-30/h1,3-4,7,9-10,12-13H,5-6,8,11,30H2,(H,31,40)(H,32,35)(H,34,41). The van der Waals surface area contributed by atoms with Crippen molar-refractivity contribution in [2.45, 2.75) is 12.7 Å². The first-order valence-electron chi connectivity index (χ1n) is 11.9. The van der Waals surface area contributed by atoms with Crippen LogP contribution in [0.5, 0.6) is 5.75 Å². The minimum atomic E-state index is -4.77. The largest absolute Gasteiger partial charge is 0.435 e. The average molecular weight is 604 g/mol. The van der Waals surface area contributed by atoms with Crippen molar-refractivity contribution in [1.29, 1.82) is 0 Å². The Labute approximate surface area is 240 Å². The average Bonchev–Trinajstić information content (AvgIpc) is 3.58. The lowest BCUT2D eigenvalue weighted by Crippen LogP contribution is -2.38. The lowest BCUT2D eigenvalue weighted by atomic mass is 10.1. The summed E-state index contributed by atoms with van der Waals surface area (Å²) in [5.74, 6) is 0.836. The summed E-state index contributed by atoms with van der Waals surface area (Å²) in [6.45, 7) is 0.00296. The maximum Gasteiger partial charge on any atom is 0.435 e. The van der Waals surface area contributed by atoms with E-state index in [4.69, 9.17) is 28.5 Å². The molecule has 42 heavy (non-hydrogen) atoms. The molecule has 0 bridgehead atoms. The number of amides is 2. The SMILES string of the molecule is C#CCn1cc(-c2cnc3c(Nc4ccc(C(=O)NCC(=O)NCCN)c(Cl)c4OC=O)nccn23)c(C(F)(F)F)n1. The smallest absolute Gasteiger partial charge is 0.425 e. The zero-order valence-corrected chi connectivity index (χ0v) is 22.2. The molecule has 2 amide bonds. The fraction of sp³-hybridized carbons (Fsp3) is 0.200. The number of carbonyl (C=O) groups is 3. The number of halogens is 4. The number of ether oxygens (including phenoxy) is 1. The predicted molar refractivity (Wildman–Crippen MR) is 144 cm³/mol. The van der Waals surface area contributed by atoms with Gasteiger partial charge in [0.1, 0.15) is 6.54 Å². The number of nitrogens with one attached hydrogen (secondary N) is 3. The van der Waals surface area contributed by atoms with Gasteiger partial charge in [0.15, 0.2) is 22.9 Å². The summed E-state index contributed by atoms with van der Waals surface area (Å²) in [5.41, 5.74) is 4.03. The molecule has 5 N–H and O–H groups in total. The van der Waals surface area contributed by atoms with Gasteiger partial charge in [0.25, 0.3) is 12.4 Å². The van der Waals surface area contributed by atoms with Gasteiger partial charge < -0.3 is 26.4 Å². The monoisotopic (exact) mass is 603 g/mol. The topological polar surface area (TPSA) is 171 Å². The Morgan fingerprint density at radius 2 is 2.02 bits per heavy atom. The zero-order valence-electron chi connectivity index (χ0n) is 21.4. The fourth-order valence-electron chi connectivity index (χ4n) is 3.85. The summed E-state index contributed by atoms with van der Waals surface area (Å²) in [7, 11) is 0. The maximum atomic E-state index is 13.8. The first-order valence-corrected chi connectivity index (χ1v) is 12.3. The third-order valence-electron chi connectivity index (χ3n) is 5.62. The molecule has 0 radical (unpaired) electrons. The van der Waals surface area contributed by atoms with Crippen LogP contribution >= 0.6 is 11.6 Å². The van der Waals surface area contributed by atoms with Gasteiger partial charge in [0.2, 0.25) is 5.91 Å². The van der Waals surface area contributed by atoms with Gasteiger partial charge in [-0.2, -0.15) is 18.3 Å². The Bertz CT molecular complexity index is 1690. The predicted octanol–water partition coefficient (Wildman–Crippen LogP) is 1.98. The zero-order chi connectivity index (χ0) is 30.4. The molecule has 1 aromatic carbocycles. The molecule has 0 aliphatic carbocycles. The quantitative estimate of drug-likeness (QED) is 0.148. The summed E-state index contributed by atoms with van der Waals surface area (Å²) in [6, 6.07) is 2.66. The van der Waals surface area contributed by atoms with Crippen molar-refractivity contribution < 1.29 is 32.3 Å². The second kappa shape index (κ2) is 12.6. The van der Waals surface area contributed by atoms with E-state index in [2.05, 4.69) is 36.9 Å². The Morgan fingerprint density at radius 1 is 1.24 bits per heavy atom. The van der Waals surface area contributed by atoms with Crippen molar-refractivity contribution >= 4 is 47.0 Å². The van der Waals surface area contributed by atoms with E-state index in [-0.39, 0.29) is 77.4 Å². The lowest BCUT2D eigenvalue weighted by molar-refractivity contribution is -0.141. The van der Waals surface area contributed by atoms with Gasteiger partial charge in [-0.05, 0) is 12.1 Å². The summed E-state index contributed by atoms with van der Waals surface area (Å²) in [6.07, 6.45) is 5.54. The van der Waals surface area contributed by atoms with Crippen molar-refractivity contribution in [3.8, 4) is 29.4 Å². The van der Waals surface area contributed by atoms with Crippen LogP contribution in [-0.4, -0.2) is 62.1 Å². The molecule has 13 nitrogen and oxygen atoms in total. The van der Waals surface area contributed by atoms with Gasteiger partial charge in [0, 0.05) is 31.7 Å². The Morgan fingerprint density at radius 3 is 2.71 bits per heavy atom. The van der Waals surface area contributed by atoms with Crippen LogP contribution < -0.4 is 26.4 Å². The molecule has 17 heteroatoms. The van der Waals surface area contributed by atoms with E-state index in [1.165, 1.54) is 41.3 Å². The Hall–Kier alpha value is -5.14. The van der Waals surface area contributed by atoms with Crippen LogP contribution in [0.2, 0.25) is 5.02 Å². The van der Waals surface area contributed by atoms with Crippen molar-refractivity contribution in [3.63, 3.8) is 0 Å². The molecule has 4 rings (SSSR count). The summed E-state index contributed by atoms with van der Waals surface area (Å²) < 4.78 is 48.6. The van der Waals surface area contributed by atoms with Crippen molar-refractivity contribution in [2.24, 2.45) is 5.73 Å². The molecule has 0 saturated heterocycles. The van der Waals surface area contributed by atoms with Crippen molar-refractivity contribution in [1.82, 2.24) is 34.8 Å². The second-order valence-electron chi connectivity index (χ2n) is 8.37. The number of nitrogens with two attached hydrogens (primary N) is 1. The van der Waals surface area contributed by atoms with Crippen molar-refractivity contribution in [2.75, 3.05) is 25.0 Å². The van der Waals surface area contributed by atoms with E-state index in [1.807, 2.05) is 0 Å². The Balaban J connectivity index is 1.67. The molecule has 0 aliphatic heterocycles. The third kappa shape index (κ3) is 6.27. The van der Waals surface area contributed by atoms with Gasteiger partial charge in [-0.25, -0.2) is 9.97 Å². The first kappa shape index (κ1) is 29.8. The highest BCUT2D eigenvalue weighted by atomic mass is 35.5. The van der Waals surface area contributed by atoms with Crippen LogP contribution in [0.15, 0.2) is 36.9 Å². The highest BCUT2D eigenvalue weighted by Gasteiger charge is 2.38. The van der Waals surface area contributed by atoms with Gasteiger partial charge in [0.05, 0.1) is 40.3 Å². The van der Waals surface area contributed by atoms with Gasteiger partial charge in [-0.15, -0.1) is 6.42 Å². The van der Waals surface area contributed by atoms with Gasteiger partial charge in [-0.3, -0.25) is 23.5 Å². The number of carbonyl (C=O) groups excluding carboxylic acids is 3. The molecule has 3 aromatic heterocycles. The molecule has 0 atom stereocenters. The van der Waals surface area contributed by atoms with E-state index in [1.54, 1.807) is 0 Å². The summed E-state index contributed by atoms with van der Waals surface area (Å²) in [4.78, 5) is 44.1. The number of terminal acetylenes is 1. The number of nitrogens with zero attached hydrogens (tertiary/aromatic N) is 5. The number of aromatic nitrogens is 5. The van der Waals surface area contributed by atoms with Gasteiger partial charge >= 0.3 is 6.18 Å². The van der Waals surface area contributed by atoms with E-state index in [9.17, 15) is 27.6 Å². The maximum absolute atomic E-state index is 13.8. The number of alkyl halides is 3. The molecular weight excluding hydrogens is 583 g/mol. The molecule has 218 valence electrons. The summed E-state index contributed by atoms with van der Waals surface area (Å²) >= 11 is 6.37. The van der Waals surface area contributed by atoms with Crippen LogP contribution in [0.25, 0.3) is 16.9 Å². The second-order valence-corrected chi connectivity index (χ2v) is 8.75. The molecule has 0 fully saturated rings. The normalized spacial score (nSPS) is 11.1. The van der Waals surface area contributed by atoms with Crippen LogP contribution in [0.3, 0.4) is 0 Å². The number of anilines is 2. The molecule has 0 unspecified atom stereocenters. The van der Waals surface area contributed by atoms with Crippen LogP contribution in [0.1, 0.15) is 16.1 Å². The molecule has 0 aliphatic rings. The van der Waals surface area contributed by atoms with E-state index in [0.29, 0.717) is 0 Å². The minimum absolute atomic E-state index is 0.0499.